The molecule has 2 amide bonds. The molecule has 174 valence electrons. The van der Waals surface area contributed by atoms with Gasteiger partial charge >= 0.3 is 5.97 Å². The summed E-state index contributed by atoms with van der Waals surface area (Å²) in [5.41, 5.74) is 3.44. The van der Waals surface area contributed by atoms with Crippen molar-refractivity contribution in [3.8, 4) is 11.5 Å². The third kappa shape index (κ3) is 6.81. The number of amides is 2. The van der Waals surface area contributed by atoms with E-state index in [1.165, 1.54) is 25.5 Å². The monoisotopic (exact) mass is 499 g/mol. The van der Waals surface area contributed by atoms with Gasteiger partial charge in [0.2, 0.25) is 0 Å². The molecular formula is C24H19Cl2N3O5. The maximum atomic E-state index is 12.4. The SMILES string of the molecule is COc1cc(/C=N\NC(=O)CNC(=O)c2cccc(Cl)c2)ccc1OC(=O)c1ccccc1Cl. The number of carbonyl (C=O) groups is 3. The average Bonchev–Trinajstić information content (AvgIpc) is 2.83. The van der Waals surface area contributed by atoms with Gasteiger partial charge in [-0.15, -0.1) is 0 Å². The molecule has 0 aliphatic heterocycles. The molecule has 34 heavy (non-hydrogen) atoms. The maximum Gasteiger partial charge on any atom is 0.345 e. The van der Waals surface area contributed by atoms with Crippen molar-refractivity contribution in [3.05, 3.63) is 93.5 Å². The first kappa shape index (κ1) is 24.8. The minimum Gasteiger partial charge on any atom is -0.493 e. The molecule has 2 N–H and O–H groups in total. The van der Waals surface area contributed by atoms with E-state index in [9.17, 15) is 14.4 Å². The minimum atomic E-state index is -0.627. The van der Waals surface area contributed by atoms with Crippen LogP contribution in [-0.2, 0) is 4.79 Å². The van der Waals surface area contributed by atoms with Crippen LogP contribution < -0.4 is 20.2 Å². The topological polar surface area (TPSA) is 106 Å². The van der Waals surface area contributed by atoms with E-state index < -0.39 is 17.8 Å². The highest BCUT2D eigenvalue weighted by Gasteiger charge is 2.15. The predicted molar refractivity (Wildman–Crippen MR) is 129 cm³/mol. The van der Waals surface area contributed by atoms with Crippen LogP contribution in [0.1, 0.15) is 26.3 Å². The molecule has 0 bridgehead atoms. The molecule has 0 unspecified atom stereocenters. The Kier molecular flexibility index (Phi) is 8.61. The molecule has 0 fully saturated rings. The zero-order valence-corrected chi connectivity index (χ0v) is 19.4. The minimum absolute atomic E-state index is 0.192. The van der Waals surface area contributed by atoms with Crippen LogP contribution in [0.2, 0.25) is 10.0 Å². The van der Waals surface area contributed by atoms with Gasteiger partial charge in [0.25, 0.3) is 11.8 Å². The molecule has 3 aromatic carbocycles. The summed E-state index contributed by atoms with van der Waals surface area (Å²) in [5.74, 6) is -1.11. The number of ether oxygens (including phenoxy) is 2. The highest BCUT2D eigenvalue weighted by atomic mass is 35.5. The molecule has 3 aromatic rings. The summed E-state index contributed by atoms with van der Waals surface area (Å²) in [7, 11) is 1.42. The molecule has 3 rings (SSSR count). The van der Waals surface area contributed by atoms with Crippen molar-refractivity contribution in [2.45, 2.75) is 0 Å². The first-order valence-corrected chi connectivity index (χ1v) is 10.6. The lowest BCUT2D eigenvalue weighted by atomic mass is 10.2. The largest absolute Gasteiger partial charge is 0.493 e. The molecular weight excluding hydrogens is 481 g/mol. The Morgan fingerprint density at radius 3 is 2.50 bits per heavy atom. The van der Waals surface area contributed by atoms with E-state index in [-0.39, 0.29) is 28.6 Å². The zero-order valence-electron chi connectivity index (χ0n) is 17.9. The van der Waals surface area contributed by atoms with E-state index in [0.29, 0.717) is 16.1 Å². The Balaban J connectivity index is 1.55. The number of rotatable bonds is 8. The molecule has 0 spiro atoms. The number of carbonyl (C=O) groups excluding carboxylic acids is 3. The lowest BCUT2D eigenvalue weighted by molar-refractivity contribution is -0.120. The summed E-state index contributed by atoms with van der Waals surface area (Å²) in [6, 6.07) is 17.6. The van der Waals surface area contributed by atoms with Gasteiger partial charge < -0.3 is 14.8 Å². The van der Waals surface area contributed by atoms with Gasteiger partial charge in [0.05, 0.1) is 30.5 Å². The zero-order chi connectivity index (χ0) is 24.5. The summed E-state index contributed by atoms with van der Waals surface area (Å²) in [4.78, 5) is 36.4. The van der Waals surface area contributed by atoms with Crippen molar-refractivity contribution < 1.29 is 23.9 Å². The van der Waals surface area contributed by atoms with Gasteiger partial charge in [0.1, 0.15) is 0 Å². The summed E-state index contributed by atoms with van der Waals surface area (Å²) in [6.07, 6.45) is 1.37. The molecule has 0 saturated heterocycles. The fourth-order valence-corrected chi connectivity index (χ4v) is 3.14. The van der Waals surface area contributed by atoms with Gasteiger partial charge in [-0.25, -0.2) is 10.2 Å². The number of methoxy groups -OCH3 is 1. The molecule has 8 nitrogen and oxygen atoms in total. The third-order valence-electron chi connectivity index (χ3n) is 4.38. The van der Waals surface area contributed by atoms with Crippen LogP contribution in [0.25, 0.3) is 0 Å². The van der Waals surface area contributed by atoms with Crippen LogP contribution in [0, 0.1) is 0 Å². The van der Waals surface area contributed by atoms with E-state index in [1.807, 2.05) is 0 Å². The Morgan fingerprint density at radius 2 is 1.76 bits per heavy atom. The Bertz CT molecular complexity index is 1250. The third-order valence-corrected chi connectivity index (χ3v) is 4.95. The van der Waals surface area contributed by atoms with E-state index >= 15 is 0 Å². The molecule has 0 aliphatic rings. The lowest BCUT2D eigenvalue weighted by Gasteiger charge is -2.10. The van der Waals surface area contributed by atoms with Crippen LogP contribution >= 0.6 is 23.2 Å². The van der Waals surface area contributed by atoms with E-state index in [2.05, 4.69) is 15.8 Å². The van der Waals surface area contributed by atoms with Crippen molar-refractivity contribution >= 4 is 47.2 Å². The van der Waals surface area contributed by atoms with Crippen molar-refractivity contribution in [3.63, 3.8) is 0 Å². The molecule has 0 atom stereocenters. The summed E-state index contributed by atoms with van der Waals surface area (Å²) in [5, 5.41) is 7.02. The number of benzene rings is 3. The van der Waals surface area contributed by atoms with E-state index in [0.717, 1.165) is 0 Å². The Morgan fingerprint density at radius 1 is 0.971 bits per heavy atom. The number of halogens is 2. The maximum absolute atomic E-state index is 12.4. The highest BCUT2D eigenvalue weighted by molar-refractivity contribution is 6.33. The van der Waals surface area contributed by atoms with Crippen LogP contribution in [0.3, 0.4) is 0 Å². The normalized spacial score (nSPS) is 10.6. The average molecular weight is 500 g/mol. The van der Waals surface area contributed by atoms with Gasteiger partial charge in [-0.1, -0.05) is 41.4 Å². The molecule has 0 saturated carbocycles. The number of esters is 1. The van der Waals surface area contributed by atoms with Gasteiger partial charge in [-0.3, -0.25) is 9.59 Å². The quantitative estimate of drug-likeness (QED) is 0.210. The van der Waals surface area contributed by atoms with Crippen LogP contribution in [0.5, 0.6) is 11.5 Å². The van der Waals surface area contributed by atoms with Crippen LogP contribution in [0.4, 0.5) is 0 Å². The van der Waals surface area contributed by atoms with Gasteiger partial charge in [-0.2, -0.15) is 5.10 Å². The fourth-order valence-electron chi connectivity index (χ4n) is 2.74. The van der Waals surface area contributed by atoms with Crippen LogP contribution in [-0.4, -0.2) is 37.7 Å². The number of hydrazone groups is 1. The van der Waals surface area contributed by atoms with E-state index in [1.54, 1.807) is 54.6 Å². The van der Waals surface area contributed by atoms with Crippen LogP contribution in [0.15, 0.2) is 71.8 Å². The predicted octanol–water partition coefficient (Wildman–Crippen LogP) is 4.10. The summed E-state index contributed by atoms with van der Waals surface area (Å²) < 4.78 is 10.7. The second-order valence-electron chi connectivity index (χ2n) is 6.77. The Labute approximate surface area is 205 Å². The Hall–Kier alpha value is -3.88. The van der Waals surface area contributed by atoms with Gasteiger partial charge in [0, 0.05) is 10.6 Å². The highest BCUT2D eigenvalue weighted by Crippen LogP contribution is 2.29. The molecule has 0 heterocycles. The summed E-state index contributed by atoms with van der Waals surface area (Å²) in [6.45, 7) is -0.275. The van der Waals surface area contributed by atoms with Gasteiger partial charge in [-0.05, 0) is 54.1 Å². The smallest absolute Gasteiger partial charge is 0.345 e. The number of nitrogens with one attached hydrogen (secondary N) is 2. The van der Waals surface area contributed by atoms with Gasteiger partial charge in [0.15, 0.2) is 11.5 Å². The van der Waals surface area contributed by atoms with Crippen molar-refractivity contribution in [1.29, 1.82) is 0 Å². The lowest BCUT2D eigenvalue weighted by Crippen LogP contribution is -2.34. The first-order chi connectivity index (χ1) is 16.4. The van der Waals surface area contributed by atoms with Crippen molar-refractivity contribution in [1.82, 2.24) is 10.7 Å². The van der Waals surface area contributed by atoms with E-state index in [4.69, 9.17) is 32.7 Å². The number of hydrogen-bond donors (Lipinski definition) is 2. The summed E-state index contributed by atoms with van der Waals surface area (Å²) >= 11 is 11.9. The molecule has 0 radical (unpaired) electrons. The fraction of sp³-hybridized carbons (Fsp3) is 0.0833. The number of hydrogen-bond acceptors (Lipinski definition) is 6. The number of nitrogens with zero attached hydrogens (tertiary/aromatic N) is 1. The molecule has 0 aromatic heterocycles. The van der Waals surface area contributed by atoms with Crippen molar-refractivity contribution in [2.75, 3.05) is 13.7 Å². The second-order valence-corrected chi connectivity index (χ2v) is 7.61. The second kappa shape index (κ2) is 11.8. The molecule has 0 aliphatic carbocycles. The van der Waals surface area contributed by atoms with Crippen molar-refractivity contribution in [2.24, 2.45) is 5.10 Å². The standard InChI is InChI=1S/C24H19Cl2N3O5/c1-33-21-11-15(9-10-20(21)34-24(32)18-7-2-3-8-19(18)26)13-28-29-22(30)14-27-23(31)16-5-4-6-17(25)12-16/h2-13H,14H2,1H3,(H,27,31)(H,29,30)/b28-13-. The molecule has 10 heteroatoms. The first-order valence-electron chi connectivity index (χ1n) is 9.88.